The Balaban J connectivity index is 2.88. The number of carbonyl (C=O) groups is 1. The number of nitrogens with zero attached hydrogens (tertiary/aromatic N) is 1. The van der Waals surface area contributed by atoms with Crippen LogP contribution in [0, 0.1) is 0 Å². The lowest BCUT2D eigenvalue weighted by Gasteiger charge is -1.71. The maximum atomic E-state index is 10.1. The maximum absolute atomic E-state index is 10.1. The van der Waals surface area contributed by atoms with Crippen LogP contribution in [0.2, 0.25) is 0 Å². The van der Waals surface area contributed by atoms with E-state index in [1.807, 2.05) is 0 Å². The summed E-state index contributed by atoms with van der Waals surface area (Å²) in [6.45, 7) is 0. The third-order valence-corrected chi connectivity index (χ3v) is 0.631. The first-order valence-electron chi connectivity index (χ1n) is 1.84. The quantitative estimate of drug-likeness (QED) is 0.439. The molecule has 1 amide bonds. The Kier molecular flexibility index (Phi) is 0.685. The molecule has 1 aliphatic rings. The molecule has 0 fully saturated rings. The van der Waals surface area contributed by atoms with Crippen molar-refractivity contribution in [2.75, 3.05) is 0 Å². The van der Waals surface area contributed by atoms with Gasteiger partial charge in [0.15, 0.2) is 0 Å². The predicted octanol–water partition coefficient (Wildman–Crippen LogP) is -0.560. The highest BCUT2D eigenvalue weighted by Crippen LogP contribution is 1.90. The first kappa shape index (κ1) is 4.05. The summed E-state index contributed by atoms with van der Waals surface area (Å²) in [7, 11) is 0. The van der Waals surface area contributed by atoms with E-state index < -0.39 is 0 Å². The molecule has 0 aromatic rings. The van der Waals surface area contributed by atoms with Crippen molar-refractivity contribution in [1.82, 2.24) is 0 Å². The van der Waals surface area contributed by atoms with E-state index in [0.29, 0.717) is 5.70 Å². The Bertz CT molecular complexity index is 157. The fraction of sp³-hybridized carbons (Fsp3) is 0. The number of hydrogen-bond donors (Lipinski definition) is 1. The summed E-state index contributed by atoms with van der Waals surface area (Å²) in [4.78, 5) is 13.4. The van der Waals surface area contributed by atoms with Crippen molar-refractivity contribution in [1.29, 1.82) is 0 Å². The maximum Gasteiger partial charge on any atom is 0.271 e. The van der Waals surface area contributed by atoms with Gasteiger partial charge in [-0.2, -0.15) is 0 Å². The lowest BCUT2D eigenvalue weighted by Crippen LogP contribution is -1.93. The fourth-order valence-electron chi connectivity index (χ4n) is 0.355. The monoisotopic (exact) mass is 96.0 g/mol. The zero-order chi connectivity index (χ0) is 5.28. The van der Waals surface area contributed by atoms with Crippen molar-refractivity contribution in [3.63, 3.8) is 0 Å². The second-order valence-corrected chi connectivity index (χ2v) is 1.24. The Morgan fingerprint density at radius 1 is 1.71 bits per heavy atom. The Morgan fingerprint density at radius 3 is 2.57 bits per heavy atom. The van der Waals surface area contributed by atoms with Gasteiger partial charge in [-0.15, -0.1) is 0 Å². The number of rotatable bonds is 0. The summed E-state index contributed by atoms with van der Waals surface area (Å²) >= 11 is 0. The standard InChI is InChI=1S/C4H4N2O/c5-3-1-4(7)6-2-3/h1-2H,5H2. The minimum atomic E-state index is -0.266. The van der Waals surface area contributed by atoms with Crippen molar-refractivity contribution in [3.05, 3.63) is 11.8 Å². The van der Waals surface area contributed by atoms with Gasteiger partial charge in [-0.25, -0.2) is 4.99 Å². The molecular weight excluding hydrogens is 92.1 g/mol. The molecule has 0 saturated carbocycles. The number of nitrogens with two attached hydrogens (primary N) is 1. The molecule has 0 aliphatic carbocycles. The topological polar surface area (TPSA) is 55.5 Å². The second kappa shape index (κ2) is 1.18. The molecule has 0 atom stereocenters. The van der Waals surface area contributed by atoms with E-state index in [-0.39, 0.29) is 5.91 Å². The lowest BCUT2D eigenvalue weighted by atomic mass is 10.5. The van der Waals surface area contributed by atoms with Gasteiger partial charge in [-0.1, -0.05) is 0 Å². The van der Waals surface area contributed by atoms with Crippen molar-refractivity contribution in [3.8, 4) is 0 Å². The first-order valence-corrected chi connectivity index (χ1v) is 1.84. The van der Waals surface area contributed by atoms with Gasteiger partial charge >= 0.3 is 0 Å². The van der Waals surface area contributed by atoms with Crippen LogP contribution in [0.1, 0.15) is 0 Å². The van der Waals surface area contributed by atoms with E-state index in [9.17, 15) is 4.79 Å². The minimum absolute atomic E-state index is 0.266. The van der Waals surface area contributed by atoms with Gasteiger partial charge < -0.3 is 5.73 Å². The van der Waals surface area contributed by atoms with Crippen molar-refractivity contribution >= 4 is 12.1 Å². The molecule has 7 heavy (non-hydrogen) atoms. The molecule has 0 aromatic carbocycles. The molecule has 3 nitrogen and oxygen atoms in total. The zero-order valence-electron chi connectivity index (χ0n) is 3.59. The molecule has 1 rings (SSSR count). The summed E-state index contributed by atoms with van der Waals surface area (Å²) in [6.07, 6.45) is 2.61. The number of aliphatic imine (C=N–C) groups is 1. The molecule has 0 saturated heterocycles. The average molecular weight is 96.1 g/mol. The number of hydrogen-bond acceptors (Lipinski definition) is 2. The van der Waals surface area contributed by atoms with Crippen LogP contribution < -0.4 is 5.73 Å². The van der Waals surface area contributed by atoms with Crippen LogP contribution in [0.15, 0.2) is 16.8 Å². The smallest absolute Gasteiger partial charge is 0.271 e. The number of amides is 1. The summed E-state index contributed by atoms with van der Waals surface area (Å²) in [5, 5.41) is 0. The van der Waals surface area contributed by atoms with Crippen LogP contribution in [-0.4, -0.2) is 12.1 Å². The van der Waals surface area contributed by atoms with Crippen LogP contribution in [-0.2, 0) is 4.79 Å². The third kappa shape index (κ3) is 0.652. The molecule has 0 unspecified atom stereocenters. The van der Waals surface area contributed by atoms with E-state index in [4.69, 9.17) is 5.73 Å². The molecule has 0 spiro atoms. The van der Waals surface area contributed by atoms with Gasteiger partial charge in [0.25, 0.3) is 5.91 Å². The molecule has 0 radical (unpaired) electrons. The zero-order valence-corrected chi connectivity index (χ0v) is 3.59. The Morgan fingerprint density at radius 2 is 2.43 bits per heavy atom. The predicted molar refractivity (Wildman–Crippen MR) is 25.8 cm³/mol. The SMILES string of the molecule is NC1=CC(=O)N=C1. The first-order chi connectivity index (χ1) is 3.29. The summed E-state index contributed by atoms with van der Waals surface area (Å²) < 4.78 is 0. The van der Waals surface area contributed by atoms with Crippen LogP contribution in [0.3, 0.4) is 0 Å². The second-order valence-electron chi connectivity index (χ2n) is 1.24. The largest absolute Gasteiger partial charge is 0.397 e. The molecule has 1 heterocycles. The summed E-state index contributed by atoms with van der Waals surface area (Å²) in [6, 6.07) is 0. The highest BCUT2D eigenvalue weighted by molar-refractivity contribution is 6.05. The van der Waals surface area contributed by atoms with E-state index in [0.717, 1.165) is 0 Å². The highest BCUT2D eigenvalue weighted by Gasteiger charge is 1.98. The van der Waals surface area contributed by atoms with Crippen LogP contribution in [0.4, 0.5) is 0 Å². The van der Waals surface area contributed by atoms with Crippen molar-refractivity contribution < 1.29 is 4.79 Å². The van der Waals surface area contributed by atoms with E-state index in [1.165, 1.54) is 12.3 Å². The molecular formula is C4H4N2O. The summed E-state index contributed by atoms with van der Waals surface area (Å²) in [5.41, 5.74) is 5.55. The summed E-state index contributed by atoms with van der Waals surface area (Å²) in [5.74, 6) is -0.266. The van der Waals surface area contributed by atoms with E-state index in [1.54, 1.807) is 0 Å². The minimum Gasteiger partial charge on any atom is -0.397 e. The average Bonchev–Trinajstić information content (AvgIpc) is 1.87. The van der Waals surface area contributed by atoms with Crippen molar-refractivity contribution in [2.45, 2.75) is 0 Å². The normalized spacial score (nSPS) is 17.7. The molecule has 0 aromatic heterocycles. The van der Waals surface area contributed by atoms with Crippen LogP contribution >= 0.6 is 0 Å². The van der Waals surface area contributed by atoms with E-state index in [2.05, 4.69) is 4.99 Å². The van der Waals surface area contributed by atoms with Gasteiger partial charge in [-0.05, 0) is 0 Å². The number of allylic oxidation sites excluding steroid dienone is 1. The lowest BCUT2D eigenvalue weighted by molar-refractivity contribution is -0.113. The molecule has 36 valence electrons. The Hall–Kier alpha value is -1.12. The molecule has 1 aliphatic heterocycles. The van der Waals surface area contributed by atoms with E-state index >= 15 is 0 Å². The van der Waals surface area contributed by atoms with Gasteiger partial charge in [0.1, 0.15) is 0 Å². The fourth-order valence-corrected chi connectivity index (χ4v) is 0.355. The highest BCUT2D eigenvalue weighted by atomic mass is 16.1. The van der Waals surface area contributed by atoms with Crippen LogP contribution in [0.5, 0.6) is 0 Å². The molecule has 0 bridgehead atoms. The van der Waals surface area contributed by atoms with Gasteiger partial charge in [0.05, 0.1) is 11.9 Å². The van der Waals surface area contributed by atoms with Crippen molar-refractivity contribution in [2.24, 2.45) is 10.7 Å². The Labute approximate surface area is 40.5 Å². The van der Waals surface area contributed by atoms with Gasteiger partial charge in [0.2, 0.25) is 0 Å². The van der Waals surface area contributed by atoms with Crippen LogP contribution in [0.25, 0.3) is 0 Å². The molecule has 2 N–H and O–H groups in total. The van der Waals surface area contributed by atoms with Gasteiger partial charge in [0, 0.05) is 6.08 Å². The van der Waals surface area contributed by atoms with Gasteiger partial charge in [-0.3, -0.25) is 4.79 Å². The third-order valence-electron chi connectivity index (χ3n) is 0.631. The number of carbonyl (C=O) groups excluding carboxylic acids is 1. The molecule has 3 heteroatoms.